The maximum Gasteiger partial charge on any atom is 0.136 e. The highest BCUT2D eigenvalue weighted by Crippen LogP contribution is 2.28. The summed E-state index contributed by atoms with van der Waals surface area (Å²) in [4.78, 5) is 0. The van der Waals surface area contributed by atoms with Crippen LogP contribution >= 0.6 is 11.6 Å². The van der Waals surface area contributed by atoms with Crippen molar-refractivity contribution >= 4 is 11.6 Å². The highest BCUT2D eigenvalue weighted by Gasteiger charge is 2.18. The minimum Gasteiger partial charge on any atom is -0.495 e. The number of hydrogen-bond donors (Lipinski definition) is 1. The number of aliphatic hydroxyl groups excluding tert-OH is 1. The Balaban J connectivity index is 2.25. The molecule has 1 aliphatic rings. The standard InChI is InChI=1S/C12H13ClO2/c1-8-4-5-9(7-10(8)13)12(14)11-3-2-6-15-11/h3-5,7,12,14H,2,6H2,1H3. The molecule has 2 nitrogen and oxygen atoms in total. The molecule has 1 N–H and O–H groups in total. The SMILES string of the molecule is Cc1ccc(C(O)C2=CCCO2)cc1Cl. The molecule has 1 atom stereocenters. The van der Waals surface area contributed by atoms with E-state index >= 15 is 0 Å². The Bertz CT molecular complexity index is 399. The van der Waals surface area contributed by atoms with Crippen molar-refractivity contribution in [2.24, 2.45) is 0 Å². The smallest absolute Gasteiger partial charge is 0.136 e. The lowest BCUT2D eigenvalue weighted by atomic mass is 10.1. The molecule has 80 valence electrons. The summed E-state index contributed by atoms with van der Waals surface area (Å²) < 4.78 is 5.31. The number of ether oxygens (including phenoxy) is 1. The van der Waals surface area contributed by atoms with Crippen LogP contribution in [0.15, 0.2) is 30.0 Å². The van der Waals surface area contributed by atoms with Crippen LogP contribution in [-0.2, 0) is 4.74 Å². The third kappa shape index (κ3) is 2.16. The molecule has 2 rings (SSSR count). The molecule has 0 saturated heterocycles. The summed E-state index contributed by atoms with van der Waals surface area (Å²) in [5.41, 5.74) is 1.78. The van der Waals surface area contributed by atoms with Crippen molar-refractivity contribution in [1.82, 2.24) is 0 Å². The molecule has 0 aromatic heterocycles. The van der Waals surface area contributed by atoms with Crippen molar-refractivity contribution in [3.05, 3.63) is 46.2 Å². The number of halogens is 1. The Morgan fingerprint density at radius 2 is 2.27 bits per heavy atom. The first-order valence-electron chi connectivity index (χ1n) is 4.95. The summed E-state index contributed by atoms with van der Waals surface area (Å²) in [6, 6.07) is 5.55. The molecule has 1 aromatic carbocycles. The topological polar surface area (TPSA) is 29.5 Å². The van der Waals surface area contributed by atoms with Crippen LogP contribution in [-0.4, -0.2) is 11.7 Å². The van der Waals surface area contributed by atoms with Crippen LogP contribution in [0.25, 0.3) is 0 Å². The number of aliphatic hydroxyl groups is 1. The minimum absolute atomic E-state index is 0.634. The second-order valence-electron chi connectivity index (χ2n) is 3.65. The summed E-state index contributed by atoms with van der Waals surface area (Å²) >= 11 is 5.99. The van der Waals surface area contributed by atoms with E-state index in [0.717, 1.165) is 17.5 Å². The van der Waals surface area contributed by atoms with Gasteiger partial charge in [0.15, 0.2) is 0 Å². The van der Waals surface area contributed by atoms with E-state index in [2.05, 4.69) is 0 Å². The van der Waals surface area contributed by atoms with E-state index in [-0.39, 0.29) is 0 Å². The summed E-state index contributed by atoms with van der Waals surface area (Å²) in [5.74, 6) is 0.634. The molecular formula is C12H13ClO2. The van der Waals surface area contributed by atoms with Crippen molar-refractivity contribution in [1.29, 1.82) is 0 Å². The van der Waals surface area contributed by atoms with E-state index in [1.165, 1.54) is 0 Å². The average molecular weight is 225 g/mol. The largest absolute Gasteiger partial charge is 0.495 e. The summed E-state index contributed by atoms with van der Waals surface area (Å²) in [7, 11) is 0. The first-order valence-corrected chi connectivity index (χ1v) is 5.33. The number of rotatable bonds is 2. The molecule has 0 spiro atoms. The average Bonchev–Trinajstić information content (AvgIpc) is 2.74. The lowest BCUT2D eigenvalue weighted by Crippen LogP contribution is -2.02. The fourth-order valence-corrected chi connectivity index (χ4v) is 1.76. The maximum absolute atomic E-state index is 9.98. The number of hydrogen-bond acceptors (Lipinski definition) is 2. The zero-order valence-electron chi connectivity index (χ0n) is 8.53. The van der Waals surface area contributed by atoms with Gasteiger partial charge in [0.2, 0.25) is 0 Å². The zero-order valence-corrected chi connectivity index (χ0v) is 9.29. The third-order valence-electron chi connectivity index (χ3n) is 2.51. The van der Waals surface area contributed by atoms with Gasteiger partial charge in [-0.1, -0.05) is 23.7 Å². The van der Waals surface area contributed by atoms with Gasteiger partial charge in [-0.15, -0.1) is 0 Å². The second-order valence-corrected chi connectivity index (χ2v) is 4.06. The monoisotopic (exact) mass is 224 g/mol. The van der Waals surface area contributed by atoms with E-state index in [9.17, 15) is 5.11 Å². The predicted molar refractivity (Wildman–Crippen MR) is 59.8 cm³/mol. The van der Waals surface area contributed by atoms with Gasteiger partial charge in [0, 0.05) is 11.4 Å². The zero-order chi connectivity index (χ0) is 10.8. The van der Waals surface area contributed by atoms with Gasteiger partial charge in [-0.05, 0) is 30.2 Å². The molecule has 3 heteroatoms. The van der Waals surface area contributed by atoms with Crippen LogP contribution in [0, 0.1) is 6.92 Å². The molecule has 15 heavy (non-hydrogen) atoms. The van der Waals surface area contributed by atoms with Crippen LogP contribution in [0.5, 0.6) is 0 Å². The normalized spacial score (nSPS) is 17.1. The first-order chi connectivity index (χ1) is 7.18. The van der Waals surface area contributed by atoms with Crippen molar-refractivity contribution in [3.63, 3.8) is 0 Å². The molecule has 0 amide bonds. The lowest BCUT2D eigenvalue weighted by Gasteiger charge is -2.13. The van der Waals surface area contributed by atoms with Gasteiger partial charge in [-0.3, -0.25) is 0 Å². The molecule has 0 radical (unpaired) electrons. The van der Waals surface area contributed by atoms with Crippen LogP contribution in [0.3, 0.4) is 0 Å². The van der Waals surface area contributed by atoms with E-state index in [0.29, 0.717) is 17.4 Å². The van der Waals surface area contributed by atoms with Crippen LogP contribution in [0.1, 0.15) is 23.7 Å². The van der Waals surface area contributed by atoms with E-state index in [1.807, 2.05) is 25.1 Å². The molecule has 1 heterocycles. The molecule has 0 aliphatic carbocycles. The van der Waals surface area contributed by atoms with E-state index < -0.39 is 6.10 Å². The van der Waals surface area contributed by atoms with Crippen molar-refractivity contribution in [2.75, 3.05) is 6.61 Å². The molecule has 1 unspecified atom stereocenters. The molecule has 0 saturated carbocycles. The fourth-order valence-electron chi connectivity index (χ4n) is 1.57. The highest BCUT2D eigenvalue weighted by atomic mass is 35.5. The molecular weight excluding hydrogens is 212 g/mol. The van der Waals surface area contributed by atoms with Gasteiger partial charge in [0.25, 0.3) is 0 Å². The molecule has 0 bridgehead atoms. The Morgan fingerprint density at radius 3 is 2.87 bits per heavy atom. The minimum atomic E-state index is -0.689. The van der Waals surface area contributed by atoms with Crippen LogP contribution < -0.4 is 0 Å². The fraction of sp³-hybridized carbons (Fsp3) is 0.333. The second kappa shape index (κ2) is 4.25. The van der Waals surface area contributed by atoms with Crippen LogP contribution in [0.2, 0.25) is 5.02 Å². The summed E-state index contributed by atoms with van der Waals surface area (Å²) in [5, 5.41) is 10.7. The Kier molecular flexibility index (Phi) is 2.98. The third-order valence-corrected chi connectivity index (χ3v) is 2.92. The van der Waals surface area contributed by atoms with E-state index in [4.69, 9.17) is 16.3 Å². The summed E-state index contributed by atoms with van der Waals surface area (Å²) in [6.45, 7) is 2.59. The predicted octanol–water partition coefficient (Wildman–Crippen LogP) is 2.99. The van der Waals surface area contributed by atoms with Gasteiger partial charge in [0.05, 0.1) is 6.61 Å². The van der Waals surface area contributed by atoms with Crippen LogP contribution in [0.4, 0.5) is 0 Å². The first kappa shape index (κ1) is 10.5. The molecule has 1 aromatic rings. The Labute approximate surface area is 94.1 Å². The Morgan fingerprint density at radius 1 is 1.47 bits per heavy atom. The van der Waals surface area contributed by atoms with Gasteiger partial charge in [-0.25, -0.2) is 0 Å². The number of aryl methyl sites for hydroxylation is 1. The van der Waals surface area contributed by atoms with Gasteiger partial charge in [0.1, 0.15) is 11.9 Å². The quantitative estimate of drug-likeness (QED) is 0.837. The summed E-state index contributed by atoms with van der Waals surface area (Å²) in [6.07, 6.45) is 2.09. The van der Waals surface area contributed by atoms with Crippen molar-refractivity contribution in [2.45, 2.75) is 19.4 Å². The van der Waals surface area contributed by atoms with E-state index in [1.54, 1.807) is 6.07 Å². The Hall–Kier alpha value is -0.990. The van der Waals surface area contributed by atoms with Gasteiger partial charge < -0.3 is 9.84 Å². The number of benzene rings is 1. The maximum atomic E-state index is 9.98. The van der Waals surface area contributed by atoms with Gasteiger partial charge in [-0.2, -0.15) is 0 Å². The van der Waals surface area contributed by atoms with Crippen molar-refractivity contribution < 1.29 is 9.84 Å². The van der Waals surface area contributed by atoms with Gasteiger partial charge >= 0.3 is 0 Å². The highest BCUT2D eigenvalue weighted by molar-refractivity contribution is 6.31. The molecule has 0 fully saturated rings. The lowest BCUT2D eigenvalue weighted by molar-refractivity contribution is 0.119. The van der Waals surface area contributed by atoms with Crippen molar-refractivity contribution in [3.8, 4) is 0 Å². The molecule has 1 aliphatic heterocycles.